The maximum Gasteiger partial charge on any atom is 0.262 e. The van der Waals surface area contributed by atoms with Gasteiger partial charge in [0.05, 0.1) is 27.3 Å². The highest BCUT2D eigenvalue weighted by Gasteiger charge is 2.20. The summed E-state index contributed by atoms with van der Waals surface area (Å²) in [5.74, 6) is 0.798. The molecule has 0 aliphatic carbocycles. The lowest BCUT2D eigenvalue weighted by atomic mass is 10.2. The number of halogens is 1. The largest absolute Gasteiger partial charge is 0.376 e. The lowest BCUT2D eigenvalue weighted by Crippen LogP contribution is -2.28. The van der Waals surface area contributed by atoms with E-state index < -0.39 is 0 Å². The van der Waals surface area contributed by atoms with Crippen LogP contribution >= 0.6 is 39.0 Å². The molecule has 1 atom stereocenters. The fourth-order valence-corrected chi connectivity index (χ4v) is 5.51. The van der Waals surface area contributed by atoms with Gasteiger partial charge in [-0.2, -0.15) is 0 Å². The smallest absolute Gasteiger partial charge is 0.262 e. The molecule has 25 heavy (non-hydrogen) atoms. The first-order valence-electron chi connectivity index (χ1n) is 8.19. The first-order chi connectivity index (χ1) is 12.2. The first kappa shape index (κ1) is 17.3. The molecular formula is C18H17BrN2O2S2. The number of thiophene rings is 1. The molecule has 2 aromatic heterocycles. The van der Waals surface area contributed by atoms with Crippen LogP contribution in [0.4, 0.5) is 0 Å². The van der Waals surface area contributed by atoms with Crippen molar-refractivity contribution >= 4 is 49.9 Å². The Hall–Kier alpha value is -1.15. The standard InChI is InChI=1S/C18H17BrN2O2S2/c19-16-8-7-13(25-16)11-24-18-20-15-6-2-1-5-14(15)17(22)21(18)10-12-4-3-9-23-12/h1-2,5-8,12H,3-4,9-11H2. The fraction of sp³-hybridized carbons (Fsp3) is 0.333. The Labute approximate surface area is 162 Å². The summed E-state index contributed by atoms with van der Waals surface area (Å²) in [5.41, 5.74) is 0.780. The molecule has 1 aromatic carbocycles. The van der Waals surface area contributed by atoms with Gasteiger partial charge in [-0.1, -0.05) is 23.9 Å². The number of hydrogen-bond acceptors (Lipinski definition) is 5. The zero-order chi connectivity index (χ0) is 17.2. The number of nitrogens with zero attached hydrogens (tertiary/aromatic N) is 2. The van der Waals surface area contributed by atoms with Crippen LogP contribution in [0.2, 0.25) is 0 Å². The molecule has 0 N–H and O–H groups in total. The van der Waals surface area contributed by atoms with E-state index in [-0.39, 0.29) is 11.7 Å². The minimum atomic E-state index is 0.0240. The van der Waals surface area contributed by atoms with Crippen LogP contribution in [-0.4, -0.2) is 22.3 Å². The molecule has 3 aromatic rings. The van der Waals surface area contributed by atoms with E-state index in [1.807, 2.05) is 30.3 Å². The number of hydrogen-bond donors (Lipinski definition) is 0. The van der Waals surface area contributed by atoms with Crippen molar-refractivity contribution in [2.45, 2.75) is 36.4 Å². The molecule has 4 rings (SSSR count). The van der Waals surface area contributed by atoms with Gasteiger partial charge >= 0.3 is 0 Å². The van der Waals surface area contributed by atoms with Gasteiger partial charge in [0.2, 0.25) is 0 Å². The summed E-state index contributed by atoms with van der Waals surface area (Å²) in [7, 11) is 0. The number of para-hydroxylation sites is 1. The van der Waals surface area contributed by atoms with Crippen LogP contribution in [0.5, 0.6) is 0 Å². The predicted octanol–water partition coefficient (Wildman–Crippen LogP) is 4.69. The molecule has 1 unspecified atom stereocenters. The molecule has 7 heteroatoms. The Morgan fingerprint density at radius 1 is 1.32 bits per heavy atom. The van der Waals surface area contributed by atoms with Gasteiger partial charge in [-0.25, -0.2) is 4.98 Å². The van der Waals surface area contributed by atoms with E-state index in [1.54, 1.807) is 27.7 Å². The van der Waals surface area contributed by atoms with E-state index >= 15 is 0 Å². The van der Waals surface area contributed by atoms with Crippen molar-refractivity contribution in [2.75, 3.05) is 6.61 Å². The highest BCUT2D eigenvalue weighted by atomic mass is 79.9. The second-order valence-corrected chi connectivity index (χ2v) is 9.45. The molecule has 0 saturated carbocycles. The minimum absolute atomic E-state index is 0.0240. The molecule has 0 spiro atoms. The Bertz CT molecular complexity index is 948. The number of thioether (sulfide) groups is 1. The molecule has 0 radical (unpaired) electrons. The van der Waals surface area contributed by atoms with Gasteiger partial charge in [0.15, 0.2) is 5.16 Å². The predicted molar refractivity (Wildman–Crippen MR) is 107 cm³/mol. The lowest BCUT2D eigenvalue weighted by molar-refractivity contribution is 0.0937. The van der Waals surface area contributed by atoms with Crippen LogP contribution in [0, 0.1) is 0 Å². The minimum Gasteiger partial charge on any atom is -0.376 e. The quantitative estimate of drug-likeness (QED) is 0.429. The number of ether oxygens (including phenoxy) is 1. The summed E-state index contributed by atoms with van der Waals surface area (Å²) >= 11 is 6.82. The molecule has 1 saturated heterocycles. The third kappa shape index (κ3) is 3.84. The maximum absolute atomic E-state index is 13.0. The molecule has 0 amide bonds. The lowest BCUT2D eigenvalue weighted by Gasteiger charge is -2.16. The second kappa shape index (κ2) is 7.61. The number of benzene rings is 1. The van der Waals surface area contributed by atoms with Crippen LogP contribution < -0.4 is 5.56 Å². The van der Waals surface area contributed by atoms with E-state index in [0.717, 1.165) is 39.7 Å². The van der Waals surface area contributed by atoms with Crippen molar-refractivity contribution in [3.63, 3.8) is 0 Å². The van der Waals surface area contributed by atoms with Gasteiger partial charge in [0.25, 0.3) is 5.56 Å². The van der Waals surface area contributed by atoms with Crippen molar-refractivity contribution in [2.24, 2.45) is 0 Å². The van der Waals surface area contributed by atoms with E-state index in [1.165, 1.54) is 4.88 Å². The molecule has 1 aliphatic rings. The van der Waals surface area contributed by atoms with Gasteiger partial charge in [0.1, 0.15) is 0 Å². The SMILES string of the molecule is O=c1c2ccccc2nc(SCc2ccc(Br)s2)n1CC1CCCO1. The molecule has 130 valence electrons. The van der Waals surface area contributed by atoms with E-state index in [4.69, 9.17) is 9.72 Å². The summed E-state index contributed by atoms with van der Waals surface area (Å²) in [6, 6.07) is 11.7. The zero-order valence-corrected chi connectivity index (χ0v) is 16.7. The second-order valence-electron chi connectivity index (χ2n) is 5.96. The van der Waals surface area contributed by atoms with Gasteiger partial charge in [-0.05, 0) is 53.0 Å². The summed E-state index contributed by atoms with van der Waals surface area (Å²) in [4.78, 5) is 19.0. The monoisotopic (exact) mass is 436 g/mol. The Kier molecular flexibility index (Phi) is 5.26. The fourth-order valence-electron chi connectivity index (χ4n) is 2.98. The van der Waals surface area contributed by atoms with Crippen LogP contribution in [0.1, 0.15) is 17.7 Å². The van der Waals surface area contributed by atoms with Crippen LogP contribution in [0.3, 0.4) is 0 Å². The zero-order valence-electron chi connectivity index (χ0n) is 13.5. The van der Waals surface area contributed by atoms with Crippen LogP contribution in [0.15, 0.2) is 50.1 Å². The van der Waals surface area contributed by atoms with E-state index in [2.05, 4.69) is 22.0 Å². The highest BCUT2D eigenvalue weighted by Crippen LogP contribution is 2.29. The van der Waals surface area contributed by atoms with Crippen LogP contribution in [0.25, 0.3) is 10.9 Å². The van der Waals surface area contributed by atoms with Crippen molar-refractivity contribution < 1.29 is 4.74 Å². The van der Waals surface area contributed by atoms with Gasteiger partial charge in [0, 0.05) is 17.2 Å². The van der Waals surface area contributed by atoms with Crippen molar-refractivity contribution in [3.05, 3.63) is 55.4 Å². The molecular weight excluding hydrogens is 420 g/mol. The average Bonchev–Trinajstić information content (AvgIpc) is 3.27. The maximum atomic E-state index is 13.0. The summed E-state index contributed by atoms with van der Waals surface area (Å²) in [6.07, 6.45) is 2.17. The van der Waals surface area contributed by atoms with Crippen molar-refractivity contribution in [1.82, 2.24) is 9.55 Å². The van der Waals surface area contributed by atoms with Crippen LogP contribution in [-0.2, 0) is 17.0 Å². The van der Waals surface area contributed by atoms with E-state index in [9.17, 15) is 4.79 Å². The average molecular weight is 437 g/mol. The molecule has 4 nitrogen and oxygen atoms in total. The van der Waals surface area contributed by atoms with E-state index in [0.29, 0.717) is 11.9 Å². The summed E-state index contributed by atoms with van der Waals surface area (Å²) in [6.45, 7) is 1.36. The number of fused-ring (bicyclic) bond motifs is 1. The Balaban J connectivity index is 1.70. The third-order valence-corrected chi connectivity index (χ3v) is 7.04. The molecule has 1 fully saturated rings. The molecule has 3 heterocycles. The van der Waals surface area contributed by atoms with Gasteiger partial charge in [-0.15, -0.1) is 11.3 Å². The first-order valence-corrected chi connectivity index (χ1v) is 10.8. The molecule has 1 aliphatic heterocycles. The normalized spacial score (nSPS) is 17.4. The summed E-state index contributed by atoms with van der Waals surface area (Å²) < 4.78 is 8.66. The van der Waals surface area contributed by atoms with Crippen molar-refractivity contribution in [3.8, 4) is 0 Å². The summed E-state index contributed by atoms with van der Waals surface area (Å²) in [5, 5.41) is 1.44. The Morgan fingerprint density at radius 3 is 2.96 bits per heavy atom. The van der Waals surface area contributed by atoms with Crippen molar-refractivity contribution in [1.29, 1.82) is 0 Å². The van der Waals surface area contributed by atoms with Gasteiger partial charge in [-0.3, -0.25) is 9.36 Å². The highest BCUT2D eigenvalue weighted by molar-refractivity contribution is 9.11. The molecule has 0 bridgehead atoms. The topological polar surface area (TPSA) is 44.1 Å². The van der Waals surface area contributed by atoms with Gasteiger partial charge < -0.3 is 4.74 Å². The number of rotatable bonds is 5. The number of aromatic nitrogens is 2. The Morgan fingerprint density at radius 2 is 2.20 bits per heavy atom. The third-order valence-electron chi connectivity index (χ3n) is 4.21.